The second kappa shape index (κ2) is 10.3. The molecule has 0 bridgehead atoms. The number of thioether (sulfide) groups is 1. The van der Waals surface area contributed by atoms with Crippen LogP contribution in [0.25, 0.3) is 0 Å². The van der Waals surface area contributed by atoms with Crippen molar-refractivity contribution in [2.75, 3.05) is 5.75 Å². The van der Waals surface area contributed by atoms with Crippen molar-refractivity contribution in [3.05, 3.63) is 120 Å². The molecule has 0 fully saturated rings. The van der Waals surface area contributed by atoms with E-state index in [2.05, 4.69) is 97.1 Å². The van der Waals surface area contributed by atoms with E-state index in [1.54, 1.807) is 0 Å². The molecule has 0 saturated carbocycles. The van der Waals surface area contributed by atoms with Crippen LogP contribution in [0.15, 0.2) is 103 Å². The lowest BCUT2D eigenvalue weighted by Gasteiger charge is -2.35. The Kier molecular flexibility index (Phi) is 7.53. The molecule has 28 heavy (non-hydrogen) atoms. The SMILES string of the molecule is CC[C@H](O)/C=C/CCSC(c1ccccc1)(c1ccccc1)c1ccccc1. The lowest BCUT2D eigenvalue weighted by atomic mass is 9.84. The fraction of sp³-hybridized carbons (Fsp3) is 0.231. The molecule has 0 spiro atoms. The average Bonchev–Trinajstić information content (AvgIpc) is 2.78. The van der Waals surface area contributed by atoms with Crippen molar-refractivity contribution in [3.8, 4) is 0 Å². The Bertz CT molecular complexity index is 747. The zero-order valence-corrected chi connectivity index (χ0v) is 17.2. The maximum Gasteiger partial charge on any atom is 0.0907 e. The van der Waals surface area contributed by atoms with Crippen molar-refractivity contribution in [1.29, 1.82) is 0 Å². The Labute approximate surface area is 173 Å². The van der Waals surface area contributed by atoms with E-state index < -0.39 is 0 Å². The fourth-order valence-electron chi connectivity index (χ4n) is 3.44. The molecule has 1 nitrogen and oxygen atoms in total. The van der Waals surface area contributed by atoms with Gasteiger partial charge in [0.05, 0.1) is 10.9 Å². The van der Waals surface area contributed by atoms with Gasteiger partial charge in [0.25, 0.3) is 0 Å². The first-order chi connectivity index (χ1) is 13.8. The van der Waals surface area contributed by atoms with E-state index in [4.69, 9.17) is 0 Å². The van der Waals surface area contributed by atoms with Crippen LogP contribution in [0.5, 0.6) is 0 Å². The molecule has 3 rings (SSSR count). The summed E-state index contributed by atoms with van der Waals surface area (Å²) in [7, 11) is 0. The van der Waals surface area contributed by atoms with Gasteiger partial charge in [0.2, 0.25) is 0 Å². The van der Waals surface area contributed by atoms with Crippen LogP contribution >= 0.6 is 11.8 Å². The summed E-state index contributed by atoms with van der Waals surface area (Å²) in [5.41, 5.74) is 3.86. The summed E-state index contributed by atoms with van der Waals surface area (Å²) in [5.74, 6) is 0.964. The second-order valence-electron chi connectivity index (χ2n) is 6.82. The van der Waals surface area contributed by atoms with E-state index in [0.29, 0.717) is 0 Å². The highest BCUT2D eigenvalue weighted by atomic mass is 32.2. The first-order valence-corrected chi connectivity index (χ1v) is 10.9. The Morgan fingerprint density at radius 3 is 1.61 bits per heavy atom. The predicted octanol–water partition coefficient (Wildman–Crippen LogP) is 6.43. The Morgan fingerprint density at radius 1 is 0.786 bits per heavy atom. The molecule has 0 aromatic heterocycles. The van der Waals surface area contributed by atoms with Crippen molar-refractivity contribution in [2.24, 2.45) is 0 Å². The number of benzene rings is 3. The van der Waals surface area contributed by atoms with Gasteiger partial charge in [-0.05, 0) is 35.3 Å². The number of aliphatic hydroxyl groups is 1. The summed E-state index contributed by atoms with van der Waals surface area (Å²) in [6.07, 6.45) is 5.36. The molecule has 0 heterocycles. The van der Waals surface area contributed by atoms with Gasteiger partial charge < -0.3 is 5.11 Å². The monoisotopic (exact) mass is 388 g/mol. The third-order valence-electron chi connectivity index (χ3n) is 4.92. The zero-order valence-electron chi connectivity index (χ0n) is 16.4. The number of hydrogen-bond donors (Lipinski definition) is 1. The summed E-state index contributed by atoms with van der Waals surface area (Å²) in [6.45, 7) is 2.00. The Hall–Kier alpha value is -2.29. The maximum atomic E-state index is 9.76. The van der Waals surface area contributed by atoms with Crippen LogP contribution in [0, 0.1) is 0 Å². The highest BCUT2D eigenvalue weighted by molar-refractivity contribution is 8.00. The molecule has 1 N–H and O–H groups in total. The van der Waals surface area contributed by atoms with Crippen LogP contribution in [-0.2, 0) is 4.75 Å². The number of allylic oxidation sites excluding steroid dienone is 1. The quantitative estimate of drug-likeness (QED) is 0.259. The highest BCUT2D eigenvalue weighted by Crippen LogP contribution is 2.48. The largest absolute Gasteiger partial charge is 0.389 e. The number of aliphatic hydroxyl groups excluding tert-OH is 1. The third-order valence-corrected chi connectivity index (χ3v) is 6.50. The summed E-state index contributed by atoms with van der Waals surface area (Å²) in [6, 6.07) is 32.3. The molecule has 3 aromatic rings. The van der Waals surface area contributed by atoms with Gasteiger partial charge in [-0.2, -0.15) is 0 Å². The first kappa shape index (κ1) is 20.4. The van der Waals surface area contributed by atoms with Crippen molar-refractivity contribution in [2.45, 2.75) is 30.6 Å². The molecule has 0 unspecified atom stereocenters. The highest BCUT2D eigenvalue weighted by Gasteiger charge is 2.36. The molecular weight excluding hydrogens is 360 g/mol. The van der Waals surface area contributed by atoms with Crippen molar-refractivity contribution in [1.82, 2.24) is 0 Å². The van der Waals surface area contributed by atoms with E-state index in [1.807, 2.05) is 24.8 Å². The Balaban J connectivity index is 2.00. The van der Waals surface area contributed by atoms with Gasteiger partial charge in [0.15, 0.2) is 0 Å². The molecule has 2 heteroatoms. The minimum absolute atomic E-state index is 0.263. The molecule has 3 aromatic carbocycles. The lowest BCUT2D eigenvalue weighted by Crippen LogP contribution is -2.26. The molecule has 0 aliphatic carbocycles. The molecule has 144 valence electrons. The number of rotatable bonds is 9. The van der Waals surface area contributed by atoms with Gasteiger partial charge in [0, 0.05) is 0 Å². The number of hydrogen-bond acceptors (Lipinski definition) is 2. The van der Waals surface area contributed by atoms with Gasteiger partial charge in [-0.1, -0.05) is 110 Å². The normalized spacial score (nSPS) is 12.9. The zero-order chi connectivity index (χ0) is 19.7. The molecule has 0 aliphatic heterocycles. The van der Waals surface area contributed by atoms with E-state index in [9.17, 15) is 5.11 Å². The topological polar surface area (TPSA) is 20.2 Å². The third kappa shape index (κ3) is 4.76. The van der Waals surface area contributed by atoms with Gasteiger partial charge in [0.1, 0.15) is 0 Å². The summed E-state index contributed by atoms with van der Waals surface area (Å²) >= 11 is 1.95. The molecule has 0 saturated heterocycles. The summed E-state index contributed by atoms with van der Waals surface area (Å²) in [4.78, 5) is 0. The first-order valence-electron chi connectivity index (χ1n) is 9.92. The van der Waals surface area contributed by atoms with Crippen LogP contribution in [0.3, 0.4) is 0 Å². The van der Waals surface area contributed by atoms with E-state index in [-0.39, 0.29) is 10.9 Å². The lowest BCUT2D eigenvalue weighted by molar-refractivity contribution is 0.219. The van der Waals surface area contributed by atoms with Gasteiger partial charge in [-0.3, -0.25) is 0 Å². The minimum Gasteiger partial charge on any atom is -0.389 e. The minimum atomic E-state index is -0.341. The summed E-state index contributed by atoms with van der Waals surface area (Å²) < 4.78 is -0.263. The van der Waals surface area contributed by atoms with Crippen LogP contribution in [0.4, 0.5) is 0 Å². The van der Waals surface area contributed by atoms with Crippen molar-refractivity contribution in [3.63, 3.8) is 0 Å². The van der Waals surface area contributed by atoms with Gasteiger partial charge in [-0.15, -0.1) is 11.8 Å². The van der Waals surface area contributed by atoms with E-state index in [0.717, 1.165) is 18.6 Å². The molecule has 1 atom stereocenters. The van der Waals surface area contributed by atoms with Crippen molar-refractivity contribution < 1.29 is 5.11 Å². The smallest absolute Gasteiger partial charge is 0.0907 e. The van der Waals surface area contributed by atoms with Crippen LogP contribution in [0.1, 0.15) is 36.5 Å². The average molecular weight is 389 g/mol. The van der Waals surface area contributed by atoms with Crippen LogP contribution in [-0.4, -0.2) is 17.0 Å². The van der Waals surface area contributed by atoms with E-state index >= 15 is 0 Å². The second-order valence-corrected chi connectivity index (χ2v) is 8.13. The molecule has 0 aliphatic rings. The fourth-order valence-corrected chi connectivity index (χ4v) is 4.91. The van der Waals surface area contributed by atoms with Gasteiger partial charge >= 0.3 is 0 Å². The summed E-state index contributed by atoms with van der Waals surface area (Å²) in [5, 5.41) is 9.76. The van der Waals surface area contributed by atoms with Gasteiger partial charge in [-0.25, -0.2) is 0 Å². The van der Waals surface area contributed by atoms with Crippen molar-refractivity contribution >= 4 is 11.8 Å². The molecule has 0 radical (unpaired) electrons. The predicted molar refractivity (Wildman–Crippen MR) is 122 cm³/mol. The maximum absolute atomic E-state index is 9.76. The molecular formula is C26H28OS. The van der Waals surface area contributed by atoms with E-state index in [1.165, 1.54) is 16.7 Å². The Morgan fingerprint density at radius 2 is 1.21 bits per heavy atom. The van der Waals surface area contributed by atoms with Crippen LogP contribution < -0.4 is 0 Å². The molecule has 0 amide bonds. The standard InChI is InChI=1S/C26H28OS/c1-2-25(27)20-12-13-21-28-26(22-14-6-3-7-15-22,23-16-8-4-9-17-23)24-18-10-5-11-19-24/h3-12,14-20,25,27H,2,13,21H2,1H3/b20-12+/t25-/m0/s1. The van der Waals surface area contributed by atoms with Crippen LogP contribution in [0.2, 0.25) is 0 Å².